The molecule has 0 bridgehead atoms. The van der Waals surface area contributed by atoms with Crippen LogP contribution in [0.4, 0.5) is 0 Å². The second-order valence-electron chi connectivity index (χ2n) is 5.07. The lowest BCUT2D eigenvalue weighted by atomic mass is 10.1. The molecule has 0 aliphatic carbocycles. The normalized spacial score (nSPS) is 17.3. The lowest BCUT2D eigenvalue weighted by molar-refractivity contribution is -0.131. The molecule has 0 aromatic heterocycles. The molecule has 0 unspecified atom stereocenters. The minimum atomic E-state index is 0.171. The summed E-state index contributed by atoms with van der Waals surface area (Å²) in [4.78, 5) is 14.0. The molecule has 1 heterocycles. The van der Waals surface area contributed by atoms with Crippen LogP contribution in [0.5, 0.6) is 0 Å². The van der Waals surface area contributed by atoms with Gasteiger partial charge in [-0.05, 0) is 37.8 Å². The zero-order valence-corrected chi connectivity index (χ0v) is 12.9. The summed E-state index contributed by atoms with van der Waals surface area (Å²) in [7, 11) is 0. The van der Waals surface area contributed by atoms with E-state index in [0.29, 0.717) is 6.54 Å². The van der Waals surface area contributed by atoms with E-state index >= 15 is 0 Å². The van der Waals surface area contributed by atoms with Crippen molar-refractivity contribution < 1.29 is 4.79 Å². The monoisotopic (exact) mass is 324 g/mol. The number of hydrogen-bond acceptors (Lipinski definition) is 2. The fraction of sp³-hybridized carbons (Fsp3) is 0.533. The van der Waals surface area contributed by atoms with Gasteiger partial charge in [0.25, 0.3) is 0 Å². The summed E-state index contributed by atoms with van der Waals surface area (Å²) in [6, 6.07) is 8.29. The van der Waals surface area contributed by atoms with E-state index in [2.05, 4.69) is 34.2 Å². The molecule has 1 amide bonds. The average molecular weight is 325 g/mol. The molecule has 0 spiro atoms. The van der Waals surface area contributed by atoms with Crippen LogP contribution in [0.2, 0.25) is 0 Å². The molecule has 1 aromatic carbocycles. The molecule has 1 saturated heterocycles. The molecule has 0 saturated carbocycles. The third-order valence-corrected chi connectivity index (χ3v) is 4.36. The van der Waals surface area contributed by atoms with Crippen molar-refractivity contribution in [2.24, 2.45) is 0 Å². The van der Waals surface area contributed by atoms with Gasteiger partial charge in [0.15, 0.2) is 0 Å². The fourth-order valence-electron chi connectivity index (χ4n) is 2.43. The number of hydrogen-bond donors (Lipinski definition) is 1. The second kappa shape index (κ2) is 7.06. The second-order valence-corrected chi connectivity index (χ2v) is 5.92. The van der Waals surface area contributed by atoms with Crippen molar-refractivity contribution in [3.8, 4) is 0 Å². The molecule has 2 rings (SSSR count). The van der Waals surface area contributed by atoms with Crippen LogP contribution >= 0.6 is 15.9 Å². The maximum Gasteiger partial charge on any atom is 0.236 e. The molecule has 1 fully saturated rings. The summed E-state index contributed by atoms with van der Waals surface area (Å²) in [5.74, 6) is 0.221. The lowest BCUT2D eigenvalue weighted by Gasteiger charge is -2.27. The van der Waals surface area contributed by atoms with Crippen molar-refractivity contribution >= 4 is 21.8 Å². The SMILES string of the molecule is C[C@@H](NCC(=O)N1CCCCC1)c1ccccc1Br. The topological polar surface area (TPSA) is 32.3 Å². The molecule has 4 heteroatoms. The van der Waals surface area contributed by atoms with Crippen LogP contribution in [0.25, 0.3) is 0 Å². The van der Waals surface area contributed by atoms with Gasteiger partial charge in [0.1, 0.15) is 0 Å². The highest BCUT2D eigenvalue weighted by atomic mass is 79.9. The molecule has 3 nitrogen and oxygen atoms in total. The maximum absolute atomic E-state index is 12.1. The summed E-state index contributed by atoms with van der Waals surface area (Å²) < 4.78 is 1.08. The molecule has 0 radical (unpaired) electrons. The number of piperidine rings is 1. The minimum absolute atomic E-state index is 0.171. The van der Waals surface area contributed by atoms with E-state index in [4.69, 9.17) is 0 Å². The molecule has 104 valence electrons. The quantitative estimate of drug-likeness (QED) is 0.922. The van der Waals surface area contributed by atoms with Gasteiger partial charge in [-0.15, -0.1) is 0 Å². The predicted molar refractivity (Wildman–Crippen MR) is 81.0 cm³/mol. The van der Waals surface area contributed by atoms with Gasteiger partial charge in [0.05, 0.1) is 6.54 Å². The fourth-order valence-corrected chi connectivity index (χ4v) is 3.06. The number of amides is 1. The molecular formula is C15H21BrN2O. The maximum atomic E-state index is 12.1. The number of nitrogens with one attached hydrogen (secondary N) is 1. The summed E-state index contributed by atoms with van der Waals surface area (Å²) in [6.07, 6.45) is 3.54. The van der Waals surface area contributed by atoms with Gasteiger partial charge in [-0.25, -0.2) is 0 Å². The summed E-state index contributed by atoms with van der Waals surface area (Å²) in [5, 5.41) is 3.32. The van der Waals surface area contributed by atoms with E-state index in [1.54, 1.807) is 0 Å². The molecule has 19 heavy (non-hydrogen) atoms. The van der Waals surface area contributed by atoms with Gasteiger partial charge in [-0.1, -0.05) is 34.1 Å². The highest BCUT2D eigenvalue weighted by molar-refractivity contribution is 9.10. The first-order valence-electron chi connectivity index (χ1n) is 6.94. The van der Waals surface area contributed by atoms with Crippen LogP contribution in [0.1, 0.15) is 37.8 Å². The number of rotatable bonds is 4. The zero-order valence-electron chi connectivity index (χ0n) is 11.4. The predicted octanol–water partition coefficient (Wildman–Crippen LogP) is 3.11. The Morgan fingerprint density at radius 3 is 2.68 bits per heavy atom. The lowest BCUT2D eigenvalue weighted by Crippen LogP contribution is -2.41. The van der Waals surface area contributed by atoms with Crippen molar-refractivity contribution in [3.63, 3.8) is 0 Å². The van der Waals surface area contributed by atoms with E-state index < -0.39 is 0 Å². The smallest absolute Gasteiger partial charge is 0.236 e. The van der Waals surface area contributed by atoms with Crippen LogP contribution in [-0.4, -0.2) is 30.4 Å². The first-order valence-corrected chi connectivity index (χ1v) is 7.73. The number of likely N-dealkylation sites (tertiary alicyclic amines) is 1. The Hall–Kier alpha value is -0.870. The number of carbonyl (C=O) groups excluding carboxylic acids is 1. The summed E-state index contributed by atoms with van der Waals surface area (Å²) in [5.41, 5.74) is 1.19. The highest BCUT2D eigenvalue weighted by Gasteiger charge is 2.17. The van der Waals surface area contributed by atoms with Gasteiger partial charge < -0.3 is 10.2 Å². The largest absolute Gasteiger partial charge is 0.342 e. The Balaban J connectivity index is 1.84. The third kappa shape index (κ3) is 4.05. The van der Waals surface area contributed by atoms with Gasteiger partial charge in [0, 0.05) is 23.6 Å². The molecule has 1 aromatic rings. The van der Waals surface area contributed by atoms with Crippen LogP contribution in [0.3, 0.4) is 0 Å². The van der Waals surface area contributed by atoms with Gasteiger partial charge >= 0.3 is 0 Å². The third-order valence-electron chi connectivity index (χ3n) is 3.64. The molecular weight excluding hydrogens is 304 g/mol. The first-order chi connectivity index (χ1) is 9.18. The van der Waals surface area contributed by atoms with E-state index in [9.17, 15) is 4.79 Å². The first kappa shape index (κ1) is 14.5. The minimum Gasteiger partial charge on any atom is -0.342 e. The van der Waals surface area contributed by atoms with Crippen LogP contribution in [0.15, 0.2) is 28.7 Å². The van der Waals surface area contributed by atoms with Gasteiger partial charge in [-0.2, -0.15) is 0 Å². The summed E-state index contributed by atoms with van der Waals surface area (Å²) >= 11 is 3.55. The van der Waals surface area contributed by atoms with Crippen molar-refractivity contribution in [3.05, 3.63) is 34.3 Å². The molecule has 1 aliphatic rings. The van der Waals surface area contributed by atoms with E-state index in [1.165, 1.54) is 12.0 Å². The molecule has 1 N–H and O–H groups in total. The van der Waals surface area contributed by atoms with Crippen LogP contribution in [-0.2, 0) is 4.79 Å². The van der Waals surface area contributed by atoms with Gasteiger partial charge in [0.2, 0.25) is 5.91 Å². The van der Waals surface area contributed by atoms with E-state index in [1.807, 2.05) is 23.1 Å². The highest BCUT2D eigenvalue weighted by Crippen LogP contribution is 2.22. The Kier molecular flexibility index (Phi) is 5.40. The van der Waals surface area contributed by atoms with E-state index in [-0.39, 0.29) is 11.9 Å². The van der Waals surface area contributed by atoms with Gasteiger partial charge in [-0.3, -0.25) is 4.79 Å². The Morgan fingerprint density at radius 2 is 2.00 bits per heavy atom. The van der Waals surface area contributed by atoms with Crippen molar-refractivity contribution in [2.75, 3.05) is 19.6 Å². The van der Waals surface area contributed by atoms with Crippen molar-refractivity contribution in [2.45, 2.75) is 32.2 Å². The zero-order chi connectivity index (χ0) is 13.7. The number of benzene rings is 1. The van der Waals surface area contributed by atoms with Crippen LogP contribution < -0.4 is 5.32 Å². The van der Waals surface area contributed by atoms with Crippen LogP contribution in [0, 0.1) is 0 Å². The molecule has 1 atom stereocenters. The summed E-state index contributed by atoms with van der Waals surface area (Å²) in [6.45, 7) is 4.35. The van der Waals surface area contributed by atoms with Crippen molar-refractivity contribution in [1.29, 1.82) is 0 Å². The number of halogens is 1. The standard InChI is InChI=1S/C15H21BrN2O/c1-12(13-7-3-4-8-14(13)16)17-11-15(19)18-9-5-2-6-10-18/h3-4,7-8,12,17H,2,5-6,9-11H2,1H3/t12-/m1/s1. The average Bonchev–Trinajstić information content (AvgIpc) is 2.46. The Bertz CT molecular complexity index is 430. The van der Waals surface area contributed by atoms with E-state index in [0.717, 1.165) is 30.4 Å². The Morgan fingerprint density at radius 1 is 1.32 bits per heavy atom. The number of nitrogens with zero attached hydrogens (tertiary/aromatic N) is 1. The van der Waals surface area contributed by atoms with Crippen molar-refractivity contribution in [1.82, 2.24) is 10.2 Å². The molecule has 1 aliphatic heterocycles. The Labute approximate surface area is 123 Å². The number of carbonyl (C=O) groups is 1.